The number of guanidine groups is 1. The molecule has 2 aliphatic heterocycles. The van der Waals surface area contributed by atoms with Crippen molar-refractivity contribution >= 4 is 17.7 Å². The molecule has 0 aliphatic carbocycles. The van der Waals surface area contributed by atoms with Gasteiger partial charge >= 0.3 is 0 Å². The lowest BCUT2D eigenvalue weighted by atomic mass is 9.78. The maximum atomic E-state index is 6.15. The third kappa shape index (κ3) is 4.29. The van der Waals surface area contributed by atoms with E-state index in [1.54, 1.807) is 0 Å². The molecular formula is C15H29N3OS. The normalized spacial score (nSPS) is 29.6. The first-order chi connectivity index (χ1) is 9.48. The smallest absolute Gasteiger partial charge is 0.191 e. The van der Waals surface area contributed by atoms with Crippen molar-refractivity contribution in [2.45, 2.75) is 39.7 Å². The van der Waals surface area contributed by atoms with Gasteiger partial charge in [-0.2, -0.15) is 11.8 Å². The molecule has 116 valence electrons. The summed E-state index contributed by atoms with van der Waals surface area (Å²) in [6, 6.07) is 0. The average Bonchev–Trinajstić information content (AvgIpc) is 2.45. The van der Waals surface area contributed by atoms with Crippen molar-refractivity contribution in [3.63, 3.8) is 0 Å². The number of thioether (sulfide) groups is 1. The average molecular weight is 299 g/mol. The predicted molar refractivity (Wildman–Crippen MR) is 87.3 cm³/mol. The van der Waals surface area contributed by atoms with E-state index in [1.807, 2.05) is 11.8 Å². The number of hydrogen-bond acceptors (Lipinski definition) is 3. The molecule has 2 N–H and O–H groups in total. The molecular weight excluding hydrogens is 270 g/mol. The van der Waals surface area contributed by atoms with Gasteiger partial charge in [0.2, 0.25) is 0 Å². The van der Waals surface area contributed by atoms with Gasteiger partial charge in [0.05, 0.1) is 6.10 Å². The number of nitrogens with two attached hydrogens (primary N) is 1. The third-order valence-corrected chi connectivity index (χ3v) is 5.06. The maximum Gasteiger partial charge on any atom is 0.191 e. The zero-order valence-electron chi connectivity index (χ0n) is 13.1. The Balaban J connectivity index is 1.93. The van der Waals surface area contributed by atoms with Crippen molar-refractivity contribution < 1.29 is 4.74 Å². The van der Waals surface area contributed by atoms with Crippen LogP contribution in [0, 0.1) is 11.3 Å². The van der Waals surface area contributed by atoms with Gasteiger partial charge in [-0.3, -0.25) is 4.99 Å². The fraction of sp³-hybridized carbons (Fsp3) is 0.933. The van der Waals surface area contributed by atoms with Crippen LogP contribution in [0.15, 0.2) is 4.99 Å². The zero-order chi connectivity index (χ0) is 14.6. The fourth-order valence-electron chi connectivity index (χ4n) is 3.09. The molecule has 20 heavy (non-hydrogen) atoms. The highest BCUT2D eigenvalue weighted by Crippen LogP contribution is 2.34. The first kappa shape index (κ1) is 16.0. The number of rotatable bonds is 2. The maximum absolute atomic E-state index is 6.15. The van der Waals surface area contributed by atoms with Gasteiger partial charge in [0, 0.05) is 43.7 Å². The van der Waals surface area contributed by atoms with Crippen LogP contribution in [-0.4, -0.2) is 54.7 Å². The van der Waals surface area contributed by atoms with Crippen molar-refractivity contribution in [3.8, 4) is 0 Å². The van der Waals surface area contributed by atoms with Crippen LogP contribution in [0.2, 0.25) is 0 Å². The van der Waals surface area contributed by atoms with E-state index in [2.05, 4.69) is 30.7 Å². The molecule has 2 atom stereocenters. The summed E-state index contributed by atoms with van der Waals surface area (Å²) in [4.78, 5) is 6.88. The van der Waals surface area contributed by atoms with E-state index < -0.39 is 0 Å². The summed E-state index contributed by atoms with van der Waals surface area (Å²) in [5.41, 5.74) is 6.32. The van der Waals surface area contributed by atoms with Crippen LogP contribution in [-0.2, 0) is 4.74 Å². The van der Waals surface area contributed by atoms with Gasteiger partial charge in [0.15, 0.2) is 5.96 Å². The summed E-state index contributed by atoms with van der Waals surface area (Å²) < 4.78 is 6.01. The van der Waals surface area contributed by atoms with Gasteiger partial charge in [0.1, 0.15) is 0 Å². The molecule has 0 radical (unpaired) electrons. The molecule has 0 aromatic rings. The van der Waals surface area contributed by atoms with Crippen LogP contribution >= 0.6 is 11.8 Å². The first-order valence-electron chi connectivity index (χ1n) is 7.72. The molecule has 5 heteroatoms. The zero-order valence-corrected chi connectivity index (χ0v) is 13.9. The quantitative estimate of drug-likeness (QED) is 0.627. The van der Waals surface area contributed by atoms with E-state index >= 15 is 0 Å². The molecule has 2 saturated heterocycles. The summed E-state index contributed by atoms with van der Waals surface area (Å²) in [6.07, 6.45) is 2.64. The molecule has 2 rings (SSSR count). The lowest BCUT2D eigenvalue weighted by Gasteiger charge is -2.39. The summed E-state index contributed by atoms with van der Waals surface area (Å²) in [5.74, 6) is 3.55. The standard InChI is InChI=1S/C15H29N3OS/c1-15(2,3)13-12(5-4-8-19-13)11-17-14(16)18-6-9-20-10-7-18/h12-13H,4-11H2,1-3H3,(H2,16,17). The predicted octanol–water partition coefficient (Wildman–Crippen LogP) is 2.19. The number of ether oxygens (including phenoxy) is 1. The summed E-state index contributed by atoms with van der Waals surface area (Å²) in [6.45, 7) is 10.5. The van der Waals surface area contributed by atoms with Crippen LogP contribution in [0.4, 0.5) is 0 Å². The van der Waals surface area contributed by atoms with Crippen molar-refractivity contribution in [2.24, 2.45) is 22.1 Å². The third-order valence-electron chi connectivity index (χ3n) is 4.12. The van der Waals surface area contributed by atoms with Gasteiger partial charge in [-0.1, -0.05) is 20.8 Å². The topological polar surface area (TPSA) is 50.9 Å². The Labute approximate surface area is 127 Å². The van der Waals surface area contributed by atoms with Gasteiger partial charge < -0.3 is 15.4 Å². The van der Waals surface area contributed by atoms with E-state index in [4.69, 9.17) is 10.5 Å². The molecule has 0 saturated carbocycles. The molecule has 0 bridgehead atoms. The minimum atomic E-state index is 0.178. The SMILES string of the molecule is CC(C)(C)C1OCCCC1CN=C(N)N1CCSCC1. The number of nitrogens with zero attached hydrogens (tertiary/aromatic N) is 2. The largest absolute Gasteiger partial charge is 0.377 e. The van der Waals surface area contributed by atoms with Crippen molar-refractivity contribution in [1.82, 2.24) is 4.90 Å². The van der Waals surface area contributed by atoms with E-state index in [1.165, 1.54) is 6.42 Å². The second-order valence-corrected chi connectivity index (χ2v) is 8.08. The van der Waals surface area contributed by atoms with Crippen molar-refractivity contribution in [2.75, 3.05) is 37.7 Å². The van der Waals surface area contributed by atoms with E-state index in [-0.39, 0.29) is 5.41 Å². The second kappa shape index (κ2) is 7.03. The minimum Gasteiger partial charge on any atom is -0.377 e. The van der Waals surface area contributed by atoms with Crippen LogP contribution in [0.3, 0.4) is 0 Å². The Morgan fingerprint density at radius 3 is 2.70 bits per heavy atom. The molecule has 2 unspecified atom stereocenters. The molecule has 2 heterocycles. The van der Waals surface area contributed by atoms with Gasteiger partial charge in [0.25, 0.3) is 0 Å². The molecule has 2 aliphatic rings. The summed E-state index contributed by atoms with van der Waals surface area (Å²) in [7, 11) is 0. The Morgan fingerprint density at radius 2 is 2.05 bits per heavy atom. The highest BCUT2D eigenvalue weighted by Gasteiger charge is 2.35. The van der Waals surface area contributed by atoms with E-state index in [9.17, 15) is 0 Å². The lowest BCUT2D eigenvalue weighted by Crippen LogP contribution is -2.44. The van der Waals surface area contributed by atoms with Crippen molar-refractivity contribution in [3.05, 3.63) is 0 Å². The van der Waals surface area contributed by atoms with Gasteiger partial charge in [-0.15, -0.1) is 0 Å². The van der Waals surface area contributed by atoms with Crippen LogP contribution in [0.1, 0.15) is 33.6 Å². The second-order valence-electron chi connectivity index (χ2n) is 6.86. The number of aliphatic imine (C=N–C) groups is 1. The Hall–Kier alpha value is -0.420. The highest BCUT2D eigenvalue weighted by molar-refractivity contribution is 7.99. The van der Waals surface area contributed by atoms with Gasteiger partial charge in [-0.05, 0) is 18.3 Å². The van der Waals surface area contributed by atoms with Crippen molar-refractivity contribution in [1.29, 1.82) is 0 Å². The molecule has 4 nitrogen and oxygen atoms in total. The Kier molecular flexibility index (Phi) is 5.61. The molecule has 0 aromatic carbocycles. The minimum absolute atomic E-state index is 0.178. The van der Waals surface area contributed by atoms with Crippen LogP contribution < -0.4 is 5.73 Å². The van der Waals surface area contributed by atoms with Crippen LogP contribution in [0.25, 0.3) is 0 Å². The molecule has 2 fully saturated rings. The summed E-state index contributed by atoms with van der Waals surface area (Å²) >= 11 is 1.99. The Morgan fingerprint density at radius 1 is 1.35 bits per heavy atom. The highest BCUT2D eigenvalue weighted by atomic mass is 32.2. The first-order valence-corrected chi connectivity index (χ1v) is 8.88. The monoisotopic (exact) mass is 299 g/mol. The lowest BCUT2D eigenvalue weighted by molar-refractivity contribution is -0.0823. The summed E-state index contributed by atoms with van der Waals surface area (Å²) in [5, 5.41) is 0. The van der Waals surface area contributed by atoms with Crippen LogP contribution in [0.5, 0.6) is 0 Å². The fourth-order valence-corrected chi connectivity index (χ4v) is 3.99. The van der Waals surface area contributed by atoms with E-state index in [0.29, 0.717) is 12.0 Å². The van der Waals surface area contributed by atoms with Gasteiger partial charge in [-0.25, -0.2) is 0 Å². The Bertz CT molecular complexity index is 335. The molecule has 0 aromatic heterocycles. The van der Waals surface area contributed by atoms with E-state index in [0.717, 1.165) is 50.1 Å². The number of hydrogen-bond donors (Lipinski definition) is 1. The molecule has 0 spiro atoms. The molecule has 0 amide bonds.